The first-order valence-corrected chi connectivity index (χ1v) is 5.61. The Bertz CT molecular complexity index is 551. The predicted octanol–water partition coefficient (Wildman–Crippen LogP) is 1.10. The normalized spacial score (nSPS) is 20.0. The summed E-state index contributed by atoms with van der Waals surface area (Å²) >= 11 is 0. The van der Waals surface area contributed by atoms with Crippen LogP contribution in [0.3, 0.4) is 0 Å². The lowest BCUT2D eigenvalue weighted by atomic mass is 10.1. The van der Waals surface area contributed by atoms with Crippen LogP contribution in [0.2, 0.25) is 0 Å². The summed E-state index contributed by atoms with van der Waals surface area (Å²) in [6, 6.07) is 0. The van der Waals surface area contributed by atoms with E-state index in [-0.39, 0.29) is 0 Å². The first-order chi connectivity index (χ1) is 8.33. The second kappa shape index (κ2) is 4.12. The molecule has 1 saturated carbocycles. The molecule has 0 aliphatic heterocycles. The van der Waals surface area contributed by atoms with Crippen LogP contribution < -0.4 is 4.74 Å². The molecule has 2 heterocycles. The van der Waals surface area contributed by atoms with E-state index in [0.29, 0.717) is 48.2 Å². The first-order valence-electron chi connectivity index (χ1n) is 5.61. The molecule has 2 aromatic rings. The number of carbonyl (C=O) groups is 1. The molecule has 2 aromatic heterocycles. The van der Waals surface area contributed by atoms with Gasteiger partial charge in [-0.3, -0.25) is 4.79 Å². The van der Waals surface area contributed by atoms with Gasteiger partial charge in [0.15, 0.2) is 11.2 Å². The van der Waals surface area contributed by atoms with Crippen molar-refractivity contribution in [2.45, 2.75) is 19.3 Å². The number of fused-ring (bicyclic) bond motifs is 1. The van der Waals surface area contributed by atoms with Crippen LogP contribution in [0.15, 0.2) is 12.7 Å². The second-order valence-electron chi connectivity index (χ2n) is 4.24. The molecule has 6 nitrogen and oxygen atoms in total. The quantitative estimate of drug-likeness (QED) is 0.857. The molecule has 1 unspecified atom stereocenters. The van der Waals surface area contributed by atoms with Crippen LogP contribution in [-0.4, -0.2) is 32.3 Å². The summed E-state index contributed by atoms with van der Waals surface area (Å²) in [5.41, 5.74) is 1.30. The number of H-pyrrole nitrogens is 1. The predicted molar refractivity (Wildman–Crippen MR) is 59.5 cm³/mol. The Balaban J connectivity index is 1.72. The second-order valence-corrected chi connectivity index (χ2v) is 4.24. The fourth-order valence-electron chi connectivity index (χ4n) is 2.08. The molecule has 1 aliphatic rings. The smallest absolute Gasteiger partial charge is 0.245 e. The molecule has 0 aromatic carbocycles. The number of nitrogens with one attached hydrogen (secondary N) is 1. The van der Waals surface area contributed by atoms with Gasteiger partial charge in [-0.05, 0) is 6.42 Å². The molecule has 6 heteroatoms. The summed E-state index contributed by atoms with van der Waals surface area (Å²) in [4.78, 5) is 26.2. The van der Waals surface area contributed by atoms with Crippen molar-refractivity contribution in [3.8, 4) is 5.88 Å². The van der Waals surface area contributed by atoms with Crippen molar-refractivity contribution >= 4 is 16.9 Å². The minimum atomic E-state index is 0.312. The Labute approximate surface area is 97.4 Å². The van der Waals surface area contributed by atoms with Crippen LogP contribution in [0.4, 0.5) is 0 Å². The van der Waals surface area contributed by atoms with Crippen molar-refractivity contribution < 1.29 is 9.53 Å². The van der Waals surface area contributed by atoms with E-state index >= 15 is 0 Å². The van der Waals surface area contributed by atoms with E-state index in [1.807, 2.05) is 0 Å². The van der Waals surface area contributed by atoms with Crippen LogP contribution in [0.5, 0.6) is 5.88 Å². The van der Waals surface area contributed by atoms with Gasteiger partial charge in [-0.2, -0.15) is 4.98 Å². The first kappa shape index (κ1) is 10.2. The van der Waals surface area contributed by atoms with Crippen LogP contribution in [0.1, 0.15) is 19.3 Å². The lowest BCUT2D eigenvalue weighted by Crippen LogP contribution is -2.10. The van der Waals surface area contributed by atoms with Gasteiger partial charge in [-0.25, -0.2) is 9.97 Å². The highest BCUT2D eigenvalue weighted by atomic mass is 16.5. The Morgan fingerprint density at radius 1 is 1.41 bits per heavy atom. The molecule has 17 heavy (non-hydrogen) atoms. The Morgan fingerprint density at radius 2 is 2.35 bits per heavy atom. The number of ketones is 1. The van der Waals surface area contributed by atoms with E-state index in [1.165, 1.54) is 6.33 Å². The number of Topliss-reactive ketones (excluding diaryl/α,β-unsaturated/α-hetero) is 1. The highest BCUT2D eigenvalue weighted by molar-refractivity contribution is 5.80. The summed E-state index contributed by atoms with van der Waals surface area (Å²) in [5, 5.41) is 0. The molecule has 1 N–H and O–H groups in total. The number of nitrogens with zero attached hydrogens (tertiary/aromatic N) is 3. The minimum absolute atomic E-state index is 0.312. The molecule has 0 amide bonds. The van der Waals surface area contributed by atoms with Gasteiger partial charge in [-0.15, -0.1) is 0 Å². The monoisotopic (exact) mass is 232 g/mol. The van der Waals surface area contributed by atoms with E-state index in [4.69, 9.17) is 4.74 Å². The number of imidazole rings is 1. The van der Waals surface area contributed by atoms with Crippen molar-refractivity contribution in [1.29, 1.82) is 0 Å². The molecule has 0 bridgehead atoms. The standard InChI is InChI=1S/C11H12N4O2/c16-8-2-1-7(3-8)4-17-11-9-10(13-5-12-9)14-6-15-11/h5-7H,1-4H2,(H,12,13,14,15). The van der Waals surface area contributed by atoms with Crippen molar-refractivity contribution in [1.82, 2.24) is 19.9 Å². The molecule has 1 fully saturated rings. The van der Waals surface area contributed by atoms with Crippen LogP contribution in [0.25, 0.3) is 11.2 Å². The molecule has 1 atom stereocenters. The van der Waals surface area contributed by atoms with Crippen molar-refractivity contribution in [3.05, 3.63) is 12.7 Å². The van der Waals surface area contributed by atoms with Gasteiger partial charge in [0.1, 0.15) is 12.1 Å². The van der Waals surface area contributed by atoms with Crippen molar-refractivity contribution in [3.63, 3.8) is 0 Å². The molecule has 0 radical (unpaired) electrons. The lowest BCUT2D eigenvalue weighted by Gasteiger charge is -2.09. The summed E-state index contributed by atoms with van der Waals surface area (Å²) < 4.78 is 5.62. The Kier molecular flexibility index (Phi) is 2.47. The zero-order valence-corrected chi connectivity index (χ0v) is 9.22. The largest absolute Gasteiger partial charge is 0.476 e. The van der Waals surface area contributed by atoms with Crippen LogP contribution >= 0.6 is 0 Å². The fraction of sp³-hybridized carbons (Fsp3) is 0.455. The Hall–Kier alpha value is -1.98. The summed E-state index contributed by atoms with van der Waals surface area (Å²) in [6.07, 6.45) is 5.21. The van der Waals surface area contributed by atoms with Gasteiger partial charge >= 0.3 is 0 Å². The molecule has 88 valence electrons. The number of aromatic nitrogens is 4. The zero-order chi connectivity index (χ0) is 11.7. The SMILES string of the molecule is O=C1CCC(COc2ncnc3[nH]cnc23)C1. The summed E-state index contributed by atoms with van der Waals surface area (Å²) in [6.45, 7) is 0.519. The van der Waals surface area contributed by atoms with E-state index in [9.17, 15) is 4.79 Å². The molecule has 0 spiro atoms. The zero-order valence-electron chi connectivity index (χ0n) is 9.22. The lowest BCUT2D eigenvalue weighted by molar-refractivity contribution is -0.117. The molecular formula is C11H12N4O2. The van der Waals surface area contributed by atoms with Gasteiger partial charge in [0.2, 0.25) is 5.88 Å². The van der Waals surface area contributed by atoms with Crippen LogP contribution in [0, 0.1) is 5.92 Å². The minimum Gasteiger partial charge on any atom is -0.476 e. The molecular weight excluding hydrogens is 220 g/mol. The van der Waals surface area contributed by atoms with Gasteiger partial charge in [0.25, 0.3) is 0 Å². The summed E-state index contributed by atoms with van der Waals surface area (Å²) in [7, 11) is 0. The van der Waals surface area contributed by atoms with Crippen LogP contribution in [-0.2, 0) is 4.79 Å². The highest BCUT2D eigenvalue weighted by Crippen LogP contribution is 2.24. The maximum Gasteiger partial charge on any atom is 0.245 e. The average Bonchev–Trinajstić information content (AvgIpc) is 2.94. The van der Waals surface area contributed by atoms with Gasteiger partial charge < -0.3 is 9.72 Å². The van der Waals surface area contributed by atoms with Crippen molar-refractivity contribution in [2.24, 2.45) is 5.92 Å². The van der Waals surface area contributed by atoms with E-state index < -0.39 is 0 Å². The number of carbonyl (C=O) groups excluding carboxylic acids is 1. The highest BCUT2D eigenvalue weighted by Gasteiger charge is 2.23. The number of aromatic amines is 1. The van der Waals surface area contributed by atoms with E-state index in [0.717, 1.165) is 6.42 Å². The molecule has 3 rings (SSSR count). The molecule has 0 saturated heterocycles. The Morgan fingerprint density at radius 3 is 3.18 bits per heavy atom. The third-order valence-electron chi connectivity index (χ3n) is 2.99. The number of ether oxygens (including phenoxy) is 1. The van der Waals surface area contributed by atoms with Gasteiger partial charge in [0, 0.05) is 18.8 Å². The number of hydrogen-bond acceptors (Lipinski definition) is 5. The third kappa shape index (κ3) is 1.98. The van der Waals surface area contributed by atoms with Gasteiger partial charge in [-0.1, -0.05) is 0 Å². The van der Waals surface area contributed by atoms with E-state index in [1.54, 1.807) is 6.33 Å². The maximum absolute atomic E-state index is 11.1. The maximum atomic E-state index is 11.1. The van der Waals surface area contributed by atoms with Gasteiger partial charge in [0.05, 0.1) is 12.9 Å². The van der Waals surface area contributed by atoms with Crippen molar-refractivity contribution in [2.75, 3.05) is 6.61 Å². The number of rotatable bonds is 3. The number of hydrogen-bond donors (Lipinski definition) is 1. The van der Waals surface area contributed by atoms with E-state index in [2.05, 4.69) is 19.9 Å². The average molecular weight is 232 g/mol. The third-order valence-corrected chi connectivity index (χ3v) is 2.99. The summed E-state index contributed by atoms with van der Waals surface area (Å²) in [5.74, 6) is 1.12. The fourth-order valence-corrected chi connectivity index (χ4v) is 2.08. The molecule has 1 aliphatic carbocycles. The topological polar surface area (TPSA) is 80.8 Å².